The van der Waals surface area contributed by atoms with Crippen LogP contribution in [0.1, 0.15) is 13.8 Å². The standard InChI is InChI=1S/C6H10Cl2Te/c1-5-3-9(7,8)4-6(5)2/h3-4H2,1-2H3. The molecule has 0 atom stereocenters. The first-order valence-electron chi connectivity index (χ1n) is 2.84. The van der Waals surface area contributed by atoms with E-state index in [1.54, 1.807) is 0 Å². The molecule has 0 aliphatic carbocycles. The van der Waals surface area contributed by atoms with E-state index in [1.807, 2.05) is 0 Å². The third-order valence-electron chi connectivity index (χ3n) is 1.58. The van der Waals surface area contributed by atoms with E-state index in [9.17, 15) is 0 Å². The van der Waals surface area contributed by atoms with E-state index < -0.39 is 15.9 Å². The van der Waals surface area contributed by atoms with Gasteiger partial charge in [-0.15, -0.1) is 0 Å². The number of hydrogen-bond acceptors (Lipinski definition) is 0. The Hall–Kier alpha value is 1.11. The predicted molar refractivity (Wildman–Crippen MR) is 45.4 cm³/mol. The normalized spacial score (nSPS) is 28.9. The second kappa shape index (κ2) is 2.62. The van der Waals surface area contributed by atoms with Crippen molar-refractivity contribution in [2.75, 3.05) is 0 Å². The molecule has 0 saturated carbocycles. The summed E-state index contributed by atoms with van der Waals surface area (Å²) in [4.78, 5) is 0. The molecule has 0 amide bonds. The van der Waals surface area contributed by atoms with Gasteiger partial charge in [0.25, 0.3) is 0 Å². The minimum absolute atomic E-state index is 1.03. The maximum absolute atomic E-state index is 6.07. The molecule has 1 aliphatic rings. The second-order valence-electron chi connectivity index (χ2n) is 2.55. The second-order valence-corrected chi connectivity index (χ2v) is 17.2. The van der Waals surface area contributed by atoms with E-state index >= 15 is 0 Å². The number of allylic oxidation sites excluding steroid dienone is 2. The van der Waals surface area contributed by atoms with E-state index in [-0.39, 0.29) is 0 Å². The van der Waals surface area contributed by atoms with Gasteiger partial charge in [-0.05, 0) is 0 Å². The first-order chi connectivity index (χ1) is 4.01. The summed E-state index contributed by atoms with van der Waals surface area (Å²) in [6.07, 6.45) is 0. The van der Waals surface area contributed by atoms with Crippen LogP contribution in [-0.2, 0) is 0 Å². The zero-order valence-electron chi connectivity index (χ0n) is 5.58. The number of hydrogen-bond donors (Lipinski definition) is 0. The van der Waals surface area contributed by atoms with Crippen molar-refractivity contribution < 1.29 is 0 Å². The molecule has 0 nitrogen and oxygen atoms in total. The van der Waals surface area contributed by atoms with E-state index in [4.69, 9.17) is 17.9 Å². The first kappa shape index (κ1) is 8.21. The summed E-state index contributed by atoms with van der Waals surface area (Å²) < 4.78 is 2.05. The van der Waals surface area contributed by atoms with Crippen LogP contribution in [0.15, 0.2) is 11.1 Å². The quantitative estimate of drug-likeness (QED) is 0.472. The fourth-order valence-electron chi connectivity index (χ4n) is 0.931. The molecule has 0 fully saturated rings. The van der Waals surface area contributed by atoms with Crippen LogP contribution >= 0.6 is 17.9 Å². The van der Waals surface area contributed by atoms with Gasteiger partial charge in [0.2, 0.25) is 0 Å². The summed E-state index contributed by atoms with van der Waals surface area (Å²) in [5.74, 6) is 0. The van der Waals surface area contributed by atoms with Gasteiger partial charge in [-0.2, -0.15) is 0 Å². The van der Waals surface area contributed by atoms with E-state index in [1.165, 1.54) is 11.1 Å². The van der Waals surface area contributed by atoms with Crippen LogP contribution in [0.3, 0.4) is 0 Å². The van der Waals surface area contributed by atoms with Crippen molar-refractivity contribution in [3.8, 4) is 0 Å². The van der Waals surface area contributed by atoms with Crippen LogP contribution in [-0.4, -0.2) is 15.9 Å². The molecule has 0 aromatic carbocycles. The van der Waals surface area contributed by atoms with Gasteiger partial charge in [0, 0.05) is 0 Å². The molecule has 3 heteroatoms. The third-order valence-corrected chi connectivity index (χ3v) is 9.39. The van der Waals surface area contributed by atoms with Crippen LogP contribution in [0.4, 0.5) is 0 Å². The zero-order valence-corrected chi connectivity index (χ0v) is 9.42. The van der Waals surface area contributed by atoms with E-state index in [2.05, 4.69) is 13.8 Å². The molecule has 0 aromatic rings. The molecule has 54 valence electrons. The van der Waals surface area contributed by atoms with Crippen molar-refractivity contribution in [1.29, 1.82) is 0 Å². The molecule has 0 spiro atoms. The Labute approximate surface area is 67.5 Å². The van der Waals surface area contributed by atoms with Gasteiger partial charge < -0.3 is 0 Å². The fraction of sp³-hybridized carbons (Fsp3) is 0.667. The third kappa shape index (κ3) is 2.02. The minimum atomic E-state index is -2.28. The number of rotatable bonds is 0. The summed E-state index contributed by atoms with van der Waals surface area (Å²) in [6.45, 7) is 4.27. The molecular formula is C6H10Cl2Te. The van der Waals surface area contributed by atoms with Crippen molar-refractivity contribution in [2.45, 2.75) is 22.8 Å². The Morgan fingerprint density at radius 1 is 1.11 bits per heavy atom. The average Bonchev–Trinajstić information content (AvgIpc) is 1.79. The Bertz CT molecular complexity index is 144. The molecule has 9 heavy (non-hydrogen) atoms. The zero-order chi connectivity index (χ0) is 7.07. The monoisotopic (exact) mass is 282 g/mol. The molecule has 1 rings (SSSR count). The van der Waals surface area contributed by atoms with Gasteiger partial charge in [-0.1, -0.05) is 0 Å². The van der Waals surface area contributed by atoms with Gasteiger partial charge in [0.15, 0.2) is 0 Å². The van der Waals surface area contributed by atoms with Gasteiger partial charge in [0.05, 0.1) is 0 Å². The van der Waals surface area contributed by atoms with Gasteiger partial charge in [-0.3, -0.25) is 0 Å². The summed E-state index contributed by atoms with van der Waals surface area (Å²) in [5, 5.41) is 0. The van der Waals surface area contributed by atoms with Crippen LogP contribution in [0.5, 0.6) is 0 Å². The Balaban J connectivity index is 2.70. The molecule has 0 radical (unpaired) electrons. The Kier molecular flexibility index (Phi) is 2.39. The molecular weight excluding hydrogens is 271 g/mol. The van der Waals surface area contributed by atoms with E-state index in [0.717, 1.165) is 8.94 Å². The molecule has 0 bridgehead atoms. The van der Waals surface area contributed by atoms with Crippen LogP contribution in [0.2, 0.25) is 8.94 Å². The van der Waals surface area contributed by atoms with Crippen molar-refractivity contribution in [3.63, 3.8) is 0 Å². The van der Waals surface area contributed by atoms with Crippen molar-refractivity contribution >= 4 is 33.9 Å². The van der Waals surface area contributed by atoms with Crippen LogP contribution in [0.25, 0.3) is 0 Å². The molecule has 1 aliphatic heterocycles. The summed E-state index contributed by atoms with van der Waals surface area (Å²) >= 11 is -2.28. The molecule has 0 saturated heterocycles. The predicted octanol–water partition coefficient (Wildman–Crippen LogP) is 3.26. The Morgan fingerprint density at radius 3 is 1.56 bits per heavy atom. The molecule has 0 aromatic heterocycles. The van der Waals surface area contributed by atoms with Crippen molar-refractivity contribution in [2.24, 2.45) is 0 Å². The first-order valence-corrected chi connectivity index (χ1v) is 12.0. The Morgan fingerprint density at radius 2 is 1.44 bits per heavy atom. The van der Waals surface area contributed by atoms with Crippen LogP contribution in [0, 0.1) is 0 Å². The summed E-state index contributed by atoms with van der Waals surface area (Å²) in [6, 6.07) is 0. The van der Waals surface area contributed by atoms with Gasteiger partial charge >= 0.3 is 67.8 Å². The van der Waals surface area contributed by atoms with Gasteiger partial charge in [0.1, 0.15) is 0 Å². The van der Waals surface area contributed by atoms with E-state index in [0.29, 0.717) is 0 Å². The van der Waals surface area contributed by atoms with Gasteiger partial charge in [-0.25, -0.2) is 0 Å². The summed E-state index contributed by atoms with van der Waals surface area (Å²) in [7, 11) is 12.1. The van der Waals surface area contributed by atoms with Crippen molar-refractivity contribution in [3.05, 3.63) is 11.1 Å². The molecule has 0 N–H and O–H groups in total. The SMILES string of the molecule is CC1=C(C)C[Te](Cl)(Cl)C1. The average molecular weight is 281 g/mol. The maximum atomic E-state index is 6.07. The van der Waals surface area contributed by atoms with Crippen LogP contribution < -0.4 is 0 Å². The molecule has 0 unspecified atom stereocenters. The molecule has 1 heterocycles. The number of halogens is 2. The van der Waals surface area contributed by atoms with Crippen molar-refractivity contribution in [1.82, 2.24) is 0 Å². The fourth-order valence-corrected chi connectivity index (χ4v) is 10.6. The summed E-state index contributed by atoms with van der Waals surface area (Å²) in [5.41, 5.74) is 2.86. The topological polar surface area (TPSA) is 0 Å².